The number of nitrogens with one attached hydrogen (secondary N) is 2. The van der Waals surface area contributed by atoms with Crippen LogP contribution in [-0.4, -0.2) is 65.8 Å². The molecule has 3 aromatic rings. The van der Waals surface area contributed by atoms with Crippen molar-refractivity contribution in [2.24, 2.45) is 0 Å². The lowest BCUT2D eigenvalue weighted by molar-refractivity contribution is -0.114. The number of fused-ring (bicyclic) bond motifs is 1. The van der Waals surface area contributed by atoms with Crippen LogP contribution in [0.3, 0.4) is 0 Å². The highest BCUT2D eigenvalue weighted by molar-refractivity contribution is 7.99. The minimum Gasteiger partial charge on any atom is -0.370 e. The van der Waals surface area contributed by atoms with Gasteiger partial charge >= 0.3 is 0 Å². The molecule has 2 amide bonds. The summed E-state index contributed by atoms with van der Waals surface area (Å²) in [6, 6.07) is 11.5. The highest BCUT2D eigenvalue weighted by atomic mass is 35.5. The van der Waals surface area contributed by atoms with Crippen molar-refractivity contribution in [1.82, 2.24) is 14.9 Å². The molecule has 0 aliphatic carbocycles. The minimum absolute atomic E-state index is 0.139. The van der Waals surface area contributed by atoms with E-state index in [1.54, 1.807) is 18.2 Å². The fourth-order valence-electron chi connectivity index (χ4n) is 4.86. The molecule has 3 heterocycles. The van der Waals surface area contributed by atoms with Crippen LogP contribution in [0.5, 0.6) is 0 Å². The lowest BCUT2D eigenvalue weighted by Crippen LogP contribution is -2.42. The largest absolute Gasteiger partial charge is 0.370 e. The summed E-state index contributed by atoms with van der Waals surface area (Å²) in [5, 5.41) is 7.56. The first kappa shape index (κ1) is 27.5. The number of aromatic nitrogens is 2. The Morgan fingerprint density at radius 3 is 2.51 bits per heavy atom. The number of amides is 2. The van der Waals surface area contributed by atoms with E-state index in [0.717, 1.165) is 43.0 Å². The topological polar surface area (TPSA) is 93.7 Å². The number of anilines is 5. The number of piperidine rings is 1. The number of rotatable bonds is 6. The zero-order chi connectivity index (χ0) is 27.7. The number of halogens is 2. The summed E-state index contributed by atoms with van der Waals surface area (Å²) in [7, 11) is 4.23. The number of hydrogen-bond donors (Lipinski definition) is 2. The van der Waals surface area contributed by atoms with Gasteiger partial charge in [-0.2, -0.15) is 0 Å². The summed E-state index contributed by atoms with van der Waals surface area (Å²) in [4.78, 5) is 40.3. The zero-order valence-corrected chi connectivity index (χ0v) is 24.2. The van der Waals surface area contributed by atoms with Gasteiger partial charge in [0.15, 0.2) is 0 Å². The molecule has 1 saturated heterocycles. The third kappa shape index (κ3) is 5.94. The van der Waals surface area contributed by atoms with Crippen molar-refractivity contribution in [1.29, 1.82) is 0 Å². The third-order valence-corrected chi connectivity index (χ3v) is 8.45. The summed E-state index contributed by atoms with van der Waals surface area (Å²) in [5.41, 5.74) is 3.29. The molecule has 0 bridgehead atoms. The van der Waals surface area contributed by atoms with Gasteiger partial charge in [0, 0.05) is 37.9 Å². The van der Waals surface area contributed by atoms with Crippen molar-refractivity contribution in [3.63, 3.8) is 0 Å². The SMILES string of the molecule is CC(=O)Nc1cc(Nc2ncc3c(n2)SCN(c2c(Cl)cccc2Cl)C3=O)ccc1N1CCC(N(C)C)CC1. The lowest BCUT2D eigenvalue weighted by atomic mass is 10.0. The van der Waals surface area contributed by atoms with E-state index in [4.69, 9.17) is 23.2 Å². The van der Waals surface area contributed by atoms with Crippen molar-refractivity contribution < 1.29 is 9.59 Å². The number of carbonyl (C=O) groups is 2. The van der Waals surface area contributed by atoms with Gasteiger partial charge in [-0.1, -0.05) is 41.0 Å². The molecule has 2 N–H and O–H groups in total. The Morgan fingerprint density at radius 2 is 1.85 bits per heavy atom. The molecule has 2 aromatic carbocycles. The van der Waals surface area contributed by atoms with Crippen LogP contribution < -0.4 is 20.4 Å². The zero-order valence-electron chi connectivity index (χ0n) is 21.9. The van der Waals surface area contributed by atoms with Crippen LogP contribution in [-0.2, 0) is 4.79 Å². The van der Waals surface area contributed by atoms with Crippen molar-refractivity contribution >= 4 is 75.5 Å². The van der Waals surface area contributed by atoms with Crippen LogP contribution >= 0.6 is 35.0 Å². The van der Waals surface area contributed by atoms with E-state index in [9.17, 15) is 9.59 Å². The molecule has 5 rings (SSSR count). The highest BCUT2D eigenvalue weighted by Gasteiger charge is 2.30. The van der Waals surface area contributed by atoms with Gasteiger partial charge in [-0.15, -0.1) is 0 Å². The molecule has 2 aliphatic heterocycles. The van der Waals surface area contributed by atoms with Crippen molar-refractivity contribution in [2.45, 2.75) is 30.8 Å². The van der Waals surface area contributed by atoms with Gasteiger partial charge in [0.25, 0.3) is 5.91 Å². The first-order valence-electron chi connectivity index (χ1n) is 12.6. The van der Waals surface area contributed by atoms with E-state index < -0.39 is 0 Å². The third-order valence-electron chi connectivity index (χ3n) is 6.87. The quantitative estimate of drug-likeness (QED) is 0.354. The molecule has 204 valence electrons. The lowest BCUT2D eigenvalue weighted by Gasteiger charge is -2.37. The molecular weight excluding hydrogens is 557 g/mol. The molecule has 1 aromatic heterocycles. The summed E-state index contributed by atoms with van der Waals surface area (Å²) in [6.45, 7) is 3.33. The first-order valence-corrected chi connectivity index (χ1v) is 14.3. The molecule has 12 heteroatoms. The second-order valence-electron chi connectivity index (χ2n) is 9.71. The molecule has 9 nitrogen and oxygen atoms in total. The summed E-state index contributed by atoms with van der Waals surface area (Å²) in [6.07, 6.45) is 3.63. The molecule has 0 unspecified atom stereocenters. The van der Waals surface area contributed by atoms with Gasteiger partial charge < -0.3 is 20.4 Å². The monoisotopic (exact) mass is 585 g/mol. The van der Waals surface area contributed by atoms with E-state index in [1.165, 1.54) is 29.8 Å². The number of hydrogen-bond acceptors (Lipinski definition) is 8. The van der Waals surface area contributed by atoms with Gasteiger partial charge in [-0.25, -0.2) is 9.97 Å². The Labute approximate surface area is 241 Å². The maximum Gasteiger partial charge on any atom is 0.263 e. The fraction of sp³-hybridized carbons (Fsp3) is 0.333. The number of para-hydroxylation sites is 1. The molecule has 2 aliphatic rings. The Bertz CT molecular complexity index is 1390. The number of thioether (sulfide) groups is 1. The van der Waals surface area contributed by atoms with Crippen molar-refractivity contribution in [2.75, 3.05) is 53.5 Å². The number of nitrogens with zero attached hydrogens (tertiary/aromatic N) is 5. The normalized spacial score (nSPS) is 15.9. The molecule has 0 spiro atoms. The molecule has 39 heavy (non-hydrogen) atoms. The van der Waals surface area contributed by atoms with Gasteiger partial charge in [0.05, 0.1) is 38.5 Å². The second kappa shape index (κ2) is 11.6. The number of carbonyl (C=O) groups excluding carboxylic acids is 2. The van der Waals surface area contributed by atoms with Crippen LogP contribution in [0.15, 0.2) is 47.6 Å². The predicted molar refractivity (Wildman–Crippen MR) is 159 cm³/mol. The van der Waals surface area contributed by atoms with Crippen LogP contribution in [0.25, 0.3) is 0 Å². The van der Waals surface area contributed by atoms with Crippen LogP contribution in [0.4, 0.5) is 28.7 Å². The van der Waals surface area contributed by atoms with E-state index in [1.807, 2.05) is 18.2 Å². The average molecular weight is 587 g/mol. The van der Waals surface area contributed by atoms with Crippen molar-refractivity contribution in [3.8, 4) is 0 Å². The summed E-state index contributed by atoms with van der Waals surface area (Å²) < 4.78 is 0. The molecule has 1 fully saturated rings. The maximum absolute atomic E-state index is 13.2. The Hall–Kier alpha value is -3.05. The van der Waals surface area contributed by atoms with E-state index in [-0.39, 0.29) is 11.8 Å². The number of benzene rings is 2. The molecule has 0 atom stereocenters. The molecular formula is C27H29Cl2N7O2S. The van der Waals surface area contributed by atoms with Crippen LogP contribution in [0.1, 0.15) is 30.1 Å². The van der Waals surface area contributed by atoms with Gasteiger partial charge in [0.2, 0.25) is 11.9 Å². The minimum atomic E-state index is -0.263. The van der Waals surface area contributed by atoms with E-state index >= 15 is 0 Å². The van der Waals surface area contributed by atoms with Crippen molar-refractivity contribution in [3.05, 3.63) is 58.2 Å². The standard InChI is InChI=1S/C27H29Cl2N7O2S/c1-16(37)31-22-13-17(7-8-23(22)35-11-9-18(10-12-35)34(2)3)32-27-30-14-19-25(33-27)39-15-36(26(19)38)24-20(28)5-4-6-21(24)29/h4-8,13-14,18H,9-12,15H2,1-3H3,(H,31,37)(H,30,32,33). The van der Waals surface area contributed by atoms with E-state index in [2.05, 4.69) is 44.5 Å². The van der Waals surface area contributed by atoms with Crippen LogP contribution in [0, 0.1) is 0 Å². The second-order valence-corrected chi connectivity index (χ2v) is 11.5. The van der Waals surface area contributed by atoms with E-state index in [0.29, 0.717) is 44.2 Å². The Kier molecular flexibility index (Phi) is 8.18. The smallest absolute Gasteiger partial charge is 0.263 e. The summed E-state index contributed by atoms with van der Waals surface area (Å²) >= 11 is 14.1. The van der Waals surface area contributed by atoms with Crippen LogP contribution in [0.2, 0.25) is 10.0 Å². The molecule has 0 radical (unpaired) electrons. The fourth-order valence-corrected chi connectivity index (χ4v) is 6.40. The average Bonchev–Trinajstić information content (AvgIpc) is 2.90. The Morgan fingerprint density at radius 1 is 1.13 bits per heavy atom. The van der Waals surface area contributed by atoms with Gasteiger partial charge in [0.1, 0.15) is 5.03 Å². The highest BCUT2D eigenvalue weighted by Crippen LogP contribution is 2.40. The predicted octanol–water partition coefficient (Wildman–Crippen LogP) is 5.73. The van der Waals surface area contributed by atoms with Gasteiger partial charge in [-0.3, -0.25) is 14.5 Å². The van der Waals surface area contributed by atoms with Gasteiger partial charge in [-0.05, 0) is 57.3 Å². The molecule has 0 saturated carbocycles. The first-order chi connectivity index (χ1) is 18.7. The Balaban J connectivity index is 1.35. The maximum atomic E-state index is 13.2. The summed E-state index contributed by atoms with van der Waals surface area (Å²) in [5.74, 6) is 0.268.